The monoisotopic (exact) mass is 331 g/mol. The average Bonchev–Trinajstić information content (AvgIpc) is 2.54. The van der Waals surface area contributed by atoms with E-state index < -0.39 is 17.6 Å². The molecule has 0 fully saturated rings. The summed E-state index contributed by atoms with van der Waals surface area (Å²) in [6, 6.07) is 7.45. The Balaban J connectivity index is 2.05. The summed E-state index contributed by atoms with van der Waals surface area (Å²) in [4.78, 5) is 14.0. The maximum Gasteiger partial charge on any atom is 0.416 e. The number of anilines is 1. The van der Waals surface area contributed by atoms with Gasteiger partial charge in [0.2, 0.25) is 0 Å². The predicted molar refractivity (Wildman–Crippen MR) is 84.9 cm³/mol. The Morgan fingerprint density at radius 1 is 1.17 bits per heavy atom. The number of nitrogens with zero attached hydrogens (tertiary/aromatic N) is 1. The van der Waals surface area contributed by atoms with E-state index in [0.717, 1.165) is 12.1 Å². The van der Waals surface area contributed by atoms with Crippen molar-refractivity contribution in [3.8, 4) is 5.75 Å². The molecular weight excluding hydrogens is 318 g/mol. The minimum Gasteiger partial charge on any atom is -0.507 e. The van der Waals surface area contributed by atoms with Gasteiger partial charge in [-0.1, -0.05) is 23.7 Å². The Hall–Kier alpha value is -2.44. The molecule has 0 aromatic heterocycles. The number of aromatic hydroxyl groups is 1. The van der Waals surface area contributed by atoms with Crippen LogP contribution in [0.4, 0.5) is 18.9 Å². The van der Waals surface area contributed by atoms with E-state index in [-0.39, 0.29) is 29.0 Å². The lowest BCUT2D eigenvalue weighted by atomic mass is 9.93. The van der Waals surface area contributed by atoms with Crippen molar-refractivity contribution in [1.29, 1.82) is 0 Å². The molecule has 0 spiro atoms. The summed E-state index contributed by atoms with van der Waals surface area (Å²) in [6.07, 6.45) is -3.26. The molecule has 0 bridgehead atoms. The molecule has 2 aromatic rings. The summed E-state index contributed by atoms with van der Waals surface area (Å²) < 4.78 is 38.9. The molecule has 1 aliphatic rings. The van der Waals surface area contributed by atoms with Crippen molar-refractivity contribution in [2.75, 3.05) is 11.4 Å². The van der Waals surface area contributed by atoms with E-state index in [1.165, 1.54) is 29.2 Å². The number of aryl methyl sites for hydroxylation is 1. The summed E-state index contributed by atoms with van der Waals surface area (Å²) >= 11 is 0. The van der Waals surface area contributed by atoms with Crippen molar-refractivity contribution in [1.82, 2.24) is 0 Å². The normalized spacial score (nSPS) is 14.4. The van der Waals surface area contributed by atoms with Crippen LogP contribution >= 0.6 is 0 Å². The van der Waals surface area contributed by atoms with Crippen molar-refractivity contribution < 1.29 is 23.1 Å². The van der Waals surface area contributed by atoms with Gasteiger partial charge in [-0.25, -0.2) is 0 Å². The number of carbonyl (C=O) groups excluding carboxylic acids is 1. The first-order chi connectivity index (χ1) is 11.3. The number of hydrogen-bond acceptors (Lipinski definition) is 2. The molecule has 24 heavy (non-hydrogen) atoms. The third-order valence-corrected chi connectivity index (χ3v) is 4.03. The van der Waals surface area contributed by atoms with Crippen LogP contribution in [0.15, 0.2) is 36.4 Å². The van der Waals surface area contributed by atoms with E-state index in [0.29, 0.717) is 18.4 Å². The highest BCUT2D eigenvalue weighted by Crippen LogP contribution is 2.36. The van der Waals surface area contributed by atoms with Crippen molar-refractivity contribution in [3.63, 3.8) is 0 Å². The maximum absolute atomic E-state index is 13.0. The molecule has 0 aliphatic carbocycles. The quantitative estimate of drug-likeness (QED) is 0.817. The molecule has 0 saturated heterocycles. The standard InChI is InChI=1S/C17H13BF3NO2/c18-12-5-6-15(23)13(9-12)16(24)22-7-1-2-10-3-4-11(8-14(10)22)17(19,20)21/h3-6,8-9,23H,1-2,7H2. The van der Waals surface area contributed by atoms with E-state index in [9.17, 15) is 23.1 Å². The van der Waals surface area contributed by atoms with Crippen molar-refractivity contribution in [2.45, 2.75) is 19.0 Å². The molecule has 3 rings (SSSR count). The number of benzene rings is 2. The Morgan fingerprint density at radius 2 is 1.92 bits per heavy atom. The number of amides is 1. The van der Waals surface area contributed by atoms with Gasteiger partial charge in [0.05, 0.1) is 11.1 Å². The SMILES string of the molecule is [B]c1ccc(O)c(C(=O)N2CCCc3ccc(C(F)(F)F)cc32)c1. The zero-order chi connectivity index (χ0) is 17.5. The molecule has 122 valence electrons. The number of rotatable bonds is 1. The second-order valence-electron chi connectivity index (χ2n) is 5.68. The molecule has 3 nitrogen and oxygen atoms in total. The van der Waals surface area contributed by atoms with Gasteiger partial charge < -0.3 is 10.0 Å². The van der Waals surface area contributed by atoms with E-state index in [4.69, 9.17) is 7.85 Å². The lowest BCUT2D eigenvalue weighted by Crippen LogP contribution is -2.36. The Bertz CT molecular complexity index is 805. The minimum atomic E-state index is -4.49. The highest BCUT2D eigenvalue weighted by atomic mass is 19.4. The van der Waals surface area contributed by atoms with E-state index in [1.807, 2.05) is 0 Å². The second-order valence-corrected chi connectivity index (χ2v) is 5.68. The Kier molecular flexibility index (Phi) is 4.03. The predicted octanol–water partition coefficient (Wildman–Crippen LogP) is 2.80. The fourth-order valence-corrected chi connectivity index (χ4v) is 2.83. The van der Waals surface area contributed by atoms with Gasteiger partial charge in [-0.2, -0.15) is 13.2 Å². The number of halogens is 3. The second kappa shape index (κ2) is 5.89. The van der Waals surface area contributed by atoms with Crippen LogP contribution in [-0.4, -0.2) is 25.4 Å². The van der Waals surface area contributed by atoms with Crippen molar-refractivity contribution in [2.24, 2.45) is 0 Å². The van der Waals surface area contributed by atoms with Gasteiger partial charge in [0.25, 0.3) is 5.91 Å². The minimum absolute atomic E-state index is 0.0275. The zero-order valence-corrected chi connectivity index (χ0v) is 12.6. The lowest BCUT2D eigenvalue weighted by molar-refractivity contribution is -0.137. The number of carbonyl (C=O) groups is 1. The molecular formula is C17H13BF3NO2. The number of phenols is 1. The van der Waals surface area contributed by atoms with Crippen LogP contribution in [-0.2, 0) is 12.6 Å². The van der Waals surface area contributed by atoms with E-state index in [1.54, 1.807) is 0 Å². The topological polar surface area (TPSA) is 40.5 Å². The summed E-state index contributed by atoms with van der Waals surface area (Å²) in [6.45, 7) is 0.279. The molecule has 0 saturated carbocycles. The van der Waals surface area contributed by atoms with Gasteiger partial charge in [-0.05, 0) is 36.6 Å². The first-order valence-electron chi connectivity index (χ1n) is 7.38. The first kappa shape index (κ1) is 16.4. The number of alkyl halides is 3. The summed E-state index contributed by atoms with van der Waals surface area (Å²) in [5.41, 5.74) is 0.351. The van der Waals surface area contributed by atoms with Gasteiger partial charge >= 0.3 is 6.18 Å². The molecule has 0 unspecified atom stereocenters. The molecule has 2 radical (unpaired) electrons. The van der Waals surface area contributed by atoms with Crippen LogP contribution in [0.2, 0.25) is 0 Å². The van der Waals surface area contributed by atoms with Crippen LogP contribution in [0.5, 0.6) is 5.75 Å². The maximum atomic E-state index is 13.0. The van der Waals surface area contributed by atoms with E-state index in [2.05, 4.69) is 0 Å². The van der Waals surface area contributed by atoms with Gasteiger partial charge in [0.1, 0.15) is 13.6 Å². The van der Waals surface area contributed by atoms with Crippen LogP contribution in [0.1, 0.15) is 27.9 Å². The lowest BCUT2D eigenvalue weighted by Gasteiger charge is -2.30. The highest BCUT2D eigenvalue weighted by Gasteiger charge is 2.33. The fourth-order valence-electron chi connectivity index (χ4n) is 2.83. The molecule has 1 aliphatic heterocycles. The van der Waals surface area contributed by atoms with Crippen molar-refractivity contribution in [3.05, 3.63) is 53.1 Å². The summed E-state index contributed by atoms with van der Waals surface area (Å²) in [5, 5.41) is 9.88. The highest BCUT2D eigenvalue weighted by molar-refractivity contribution is 6.33. The van der Waals surface area contributed by atoms with Crippen LogP contribution in [0.3, 0.4) is 0 Å². The third kappa shape index (κ3) is 2.98. The van der Waals surface area contributed by atoms with Crippen LogP contribution in [0, 0.1) is 0 Å². The number of hydrogen-bond donors (Lipinski definition) is 1. The molecule has 7 heteroatoms. The molecule has 1 amide bonds. The molecule has 1 N–H and O–H groups in total. The fraction of sp³-hybridized carbons (Fsp3) is 0.235. The molecule has 1 heterocycles. The third-order valence-electron chi connectivity index (χ3n) is 4.03. The first-order valence-corrected chi connectivity index (χ1v) is 7.38. The van der Waals surface area contributed by atoms with Gasteiger partial charge in [0.15, 0.2) is 0 Å². The van der Waals surface area contributed by atoms with Crippen LogP contribution < -0.4 is 10.4 Å². The Labute approximate surface area is 138 Å². The van der Waals surface area contributed by atoms with Gasteiger partial charge in [-0.15, -0.1) is 0 Å². The molecule has 0 atom stereocenters. The molecule has 2 aromatic carbocycles. The van der Waals surface area contributed by atoms with Crippen LogP contribution in [0.25, 0.3) is 0 Å². The number of fused-ring (bicyclic) bond motifs is 1. The number of phenolic OH excluding ortho intramolecular Hbond substituents is 1. The van der Waals surface area contributed by atoms with Gasteiger partial charge in [0, 0.05) is 12.2 Å². The van der Waals surface area contributed by atoms with Crippen molar-refractivity contribution >= 4 is 24.9 Å². The largest absolute Gasteiger partial charge is 0.507 e. The zero-order valence-electron chi connectivity index (χ0n) is 12.6. The van der Waals surface area contributed by atoms with E-state index >= 15 is 0 Å². The van der Waals surface area contributed by atoms with Gasteiger partial charge in [-0.3, -0.25) is 4.79 Å². The average molecular weight is 331 g/mol. The summed E-state index contributed by atoms with van der Waals surface area (Å²) in [7, 11) is 5.64. The summed E-state index contributed by atoms with van der Waals surface area (Å²) in [5.74, 6) is -0.826. The smallest absolute Gasteiger partial charge is 0.416 e. The Morgan fingerprint density at radius 3 is 2.62 bits per heavy atom.